The first-order chi connectivity index (χ1) is 7.42. The van der Waals surface area contributed by atoms with E-state index in [4.69, 9.17) is 0 Å². The van der Waals surface area contributed by atoms with Crippen molar-refractivity contribution in [3.05, 3.63) is 0 Å². The second-order valence-corrected chi connectivity index (χ2v) is 5.86. The van der Waals surface area contributed by atoms with Crippen molar-refractivity contribution in [3.63, 3.8) is 0 Å². The zero-order valence-electron chi connectivity index (χ0n) is 11.1. The lowest BCUT2D eigenvalue weighted by atomic mass is 9.87. The summed E-state index contributed by atoms with van der Waals surface area (Å²) >= 11 is 0. The summed E-state index contributed by atoms with van der Waals surface area (Å²) in [4.78, 5) is 11.7. The largest absolute Gasteiger partial charge is 0.353 e. The van der Waals surface area contributed by atoms with Crippen molar-refractivity contribution in [3.8, 4) is 0 Å². The van der Waals surface area contributed by atoms with Gasteiger partial charge in [-0.05, 0) is 18.3 Å². The van der Waals surface area contributed by atoms with Gasteiger partial charge in [0, 0.05) is 25.0 Å². The molecule has 16 heavy (non-hydrogen) atoms. The van der Waals surface area contributed by atoms with E-state index in [2.05, 4.69) is 38.3 Å². The average Bonchev–Trinajstić information content (AvgIpc) is 2.45. The lowest BCUT2D eigenvalue weighted by molar-refractivity contribution is -0.122. The topological polar surface area (TPSA) is 41.1 Å². The molecule has 3 nitrogen and oxygen atoms in total. The van der Waals surface area contributed by atoms with Crippen LogP contribution >= 0.6 is 0 Å². The smallest absolute Gasteiger partial charge is 0.221 e. The SMILES string of the molecule is CC(C)NCCC(=O)NC1CCCC1(C)C. The molecule has 1 unspecified atom stereocenters. The van der Waals surface area contributed by atoms with E-state index in [9.17, 15) is 4.79 Å². The summed E-state index contributed by atoms with van der Waals surface area (Å²) < 4.78 is 0. The summed E-state index contributed by atoms with van der Waals surface area (Å²) in [5, 5.41) is 6.43. The minimum atomic E-state index is 0.188. The van der Waals surface area contributed by atoms with Gasteiger partial charge in [-0.15, -0.1) is 0 Å². The number of carbonyl (C=O) groups is 1. The van der Waals surface area contributed by atoms with Gasteiger partial charge in [0.2, 0.25) is 5.91 Å². The normalized spacial score (nSPS) is 23.7. The Balaban J connectivity index is 2.24. The maximum Gasteiger partial charge on any atom is 0.221 e. The summed E-state index contributed by atoms with van der Waals surface area (Å²) in [6.07, 6.45) is 4.19. The molecule has 0 heterocycles. The summed E-state index contributed by atoms with van der Waals surface area (Å²) in [5.41, 5.74) is 0.279. The fourth-order valence-electron chi connectivity index (χ4n) is 2.34. The van der Waals surface area contributed by atoms with E-state index < -0.39 is 0 Å². The Morgan fingerprint density at radius 3 is 2.62 bits per heavy atom. The molecular weight excluding hydrogens is 200 g/mol. The first-order valence-corrected chi connectivity index (χ1v) is 6.44. The Morgan fingerprint density at radius 1 is 1.44 bits per heavy atom. The molecule has 1 fully saturated rings. The second-order valence-electron chi connectivity index (χ2n) is 5.86. The molecule has 0 aliphatic heterocycles. The fraction of sp³-hybridized carbons (Fsp3) is 0.923. The van der Waals surface area contributed by atoms with Crippen molar-refractivity contribution in [1.82, 2.24) is 10.6 Å². The highest BCUT2D eigenvalue weighted by molar-refractivity contribution is 5.76. The van der Waals surface area contributed by atoms with E-state index in [0.29, 0.717) is 18.5 Å². The molecule has 1 rings (SSSR count). The van der Waals surface area contributed by atoms with Crippen LogP contribution in [0.4, 0.5) is 0 Å². The third-order valence-electron chi connectivity index (χ3n) is 3.50. The van der Waals surface area contributed by atoms with E-state index in [1.54, 1.807) is 0 Å². The van der Waals surface area contributed by atoms with E-state index in [1.165, 1.54) is 12.8 Å². The number of hydrogen-bond donors (Lipinski definition) is 2. The summed E-state index contributed by atoms with van der Waals surface area (Å²) in [6, 6.07) is 0.828. The summed E-state index contributed by atoms with van der Waals surface area (Å²) in [5.74, 6) is 0.188. The van der Waals surface area contributed by atoms with Gasteiger partial charge in [-0.1, -0.05) is 34.1 Å². The average molecular weight is 226 g/mol. The molecule has 0 aromatic rings. The number of amides is 1. The minimum Gasteiger partial charge on any atom is -0.353 e. The first-order valence-electron chi connectivity index (χ1n) is 6.44. The van der Waals surface area contributed by atoms with Crippen LogP contribution in [0.15, 0.2) is 0 Å². The molecule has 1 amide bonds. The molecule has 1 aliphatic rings. The fourth-order valence-corrected chi connectivity index (χ4v) is 2.34. The molecule has 2 N–H and O–H groups in total. The molecule has 0 saturated heterocycles. The molecular formula is C13H26N2O. The number of hydrogen-bond acceptors (Lipinski definition) is 2. The molecule has 1 saturated carbocycles. The molecule has 1 atom stereocenters. The van der Waals surface area contributed by atoms with Crippen LogP contribution < -0.4 is 10.6 Å². The summed E-state index contributed by atoms with van der Waals surface area (Å²) in [7, 11) is 0. The van der Waals surface area contributed by atoms with Crippen LogP contribution in [0.3, 0.4) is 0 Å². The van der Waals surface area contributed by atoms with E-state index in [-0.39, 0.29) is 11.3 Å². The summed E-state index contributed by atoms with van der Waals surface area (Å²) in [6.45, 7) is 9.46. The monoisotopic (exact) mass is 226 g/mol. The molecule has 3 heteroatoms. The van der Waals surface area contributed by atoms with Gasteiger partial charge in [0.1, 0.15) is 0 Å². The lowest BCUT2D eigenvalue weighted by Crippen LogP contribution is -2.42. The minimum absolute atomic E-state index is 0.188. The highest BCUT2D eigenvalue weighted by atomic mass is 16.1. The Hall–Kier alpha value is -0.570. The predicted molar refractivity (Wildman–Crippen MR) is 67.3 cm³/mol. The van der Waals surface area contributed by atoms with Gasteiger partial charge in [-0.2, -0.15) is 0 Å². The third kappa shape index (κ3) is 4.12. The molecule has 0 aromatic carbocycles. The van der Waals surface area contributed by atoms with Crippen molar-refractivity contribution < 1.29 is 4.79 Å². The van der Waals surface area contributed by atoms with E-state index >= 15 is 0 Å². The van der Waals surface area contributed by atoms with Crippen LogP contribution in [0.2, 0.25) is 0 Å². The Bertz CT molecular complexity index is 236. The predicted octanol–water partition coefficient (Wildman–Crippen LogP) is 2.07. The van der Waals surface area contributed by atoms with Crippen molar-refractivity contribution in [2.75, 3.05) is 6.54 Å². The molecule has 94 valence electrons. The zero-order chi connectivity index (χ0) is 12.2. The van der Waals surface area contributed by atoms with Gasteiger partial charge in [-0.25, -0.2) is 0 Å². The van der Waals surface area contributed by atoms with Crippen molar-refractivity contribution in [2.24, 2.45) is 5.41 Å². The molecule has 0 spiro atoms. The van der Waals surface area contributed by atoms with E-state index in [0.717, 1.165) is 13.0 Å². The van der Waals surface area contributed by atoms with Crippen LogP contribution in [0.25, 0.3) is 0 Å². The van der Waals surface area contributed by atoms with Gasteiger partial charge in [0.25, 0.3) is 0 Å². The van der Waals surface area contributed by atoms with E-state index in [1.807, 2.05) is 0 Å². The third-order valence-corrected chi connectivity index (χ3v) is 3.50. The maximum atomic E-state index is 11.7. The first kappa shape index (κ1) is 13.5. The molecule has 0 radical (unpaired) electrons. The van der Waals surface area contributed by atoms with Crippen LogP contribution in [0.5, 0.6) is 0 Å². The molecule has 1 aliphatic carbocycles. The van der Waals surface area contributed by atoms with Gasteiger partial charge < -0.3 is 10.6 Å². The Labute approximate surface area is 99.4 Å². The van der Waals surface area contributed by atoms with Crippen LogP contribution in [0.1, 0.15) is 53.4 Å². The second kappa shape index (κ2) is 5.67. The Morgan fingerprint density at radius 2 is 2.12 bits per heavy atom. The number of rotatable bonds is 5. The quantitative estimate of drug-likeness (QED) is 0.753. The van der Waals surface area contributed by atoms with Crippen LogP contribution in [-0.2, 0) is 4.79 Å². The van der Waals surface area contributed by atoms with Crippen molar-refractivity contribution in [2.45, 2.75) is 65.5 Å². The standard InChI is InChI=1S/C13H26N2O/c1-10(2)14-9-7-12(16)15-11-6-5-8-13(11,3)4/h10-11,14H,5-9H2,1-4H3,(H,15,16). The number of nitrogens with one attached hydrogen (secondary N) is 2. The highest BCUT2D eigenvalue weighted by Gasteiger charge is 2.35. The van der Waals surface area contributed by atoms with Crippen molar-refractivity contribution in [1.29, 1.82) is 0 Å². The Kier molecular flexibility index (Phi) is 4.78. The molecule has 0 aromatic heterocycles. The van der Waals surface area contributed by atoms with Crippen LogP contribution in [0, 0.1) is 5.41 Å². The van der Waals surface area contributed by atoms with Crippen LogP contribution in [-0.4, -0.2) is 24.5 Å². The zero-order valence-corrected chi connectivity index (χ0v) is 11.1. The lowest BCUT2D eigenvalue weighted by Gasteiger charge is -2.27. The number of carbonyl (C=O) groups excluding carboxylic acids is 1. The molecule has 0 bridgehead atoms. The maximum absolute atomic E-state index is 11.7. The van der Waals surface area contributed by atoms with Gasteiger partial charge >= 0.3 is 0 Å². The van der Waals surface area contributed by atoms with Gasteiger partial charge in [0.15, 0.2) is 0 Å². The van der Waals surface area contributed by atoms with Gasteiger partial charge in [-0.3, -0.25) is 4.79 Å². The van der Waals surface area contributed by atoms with Crippen molar-refractivity contribution >= 4 is 5.91 Å². The highest BCUT2D eigenvalue weighted by Crippen LogP contribution is 2.37. The van der Waals surface area contributed by atoms with Gasteiger partial charge in [0.05, 0.1) is 0 Å².